The highest BCUT2D eigenvalue weighted by Crippen LogP contribution is 2.11. The number of rotatable bonds is 5. The zero-order valence-electron chi connectivity index (χ0n) is 7.20. The van der Waals surface area contributed by atoms with Crippen LogP contribution in [0, 0.1) is 5.92 Å². The van der Waals surface area contributed by atoms with Crippen LogP contribution >= 0.6 is 0 Å². The molecular weight excluding hydrogens is 144 g/mol. The quantitative estimate of drug-likeness (QED) is 0.539. The summed E-state index contributed by atoms with van der Waals surface area (Å²) in [6, 6.07) is 0. The van der Waals surface area contributed by atoms with E-state index < -0.39 is 12.2 Å². The van der Waals surface area contributed by atoms with E-state index in [-0.39, 0.29) is 6.61 Å². The second kappa shape index (κ2) is 5.52. The average molecular weight is 162 g/mol. The van der Waals surface area contributed by atoms with Crippen molar-refractivity contribution < 1.29 is 15.3 Å². The van der Waals surface area contributed by atoms with Crippen LogP contribution in [0.1, 0.15) is 26.7 Å². The molecule has 0 aromatic heterocycles. The third-order valence-electron chi connectivity index (χ3n) is 1.97. The third-order valence-corrected chi connectivity index (χ3v) is 1.97. The molecule has 0 fully saturated rings. The minimum absolute atomic E-state index is 0.363. The van der Waals surface area contributed by atoms with Crippen LogP contribution < -0.4 is 0 Å². The van der Waals surface area contributed by atoms with Crippen molar-refractivity contribution in [3.63, 3.8) is 0 Å². The smallest absolute Gasteiger partial charge is 0.103 e. The largest absolute Gasteiger partial charge is 0.394 e. The Hall–Kier alpha value is -0.120. The summed E-state index contributed by atoms with van der Waals surface area (Å²) in [5.41, 5.74) is 0. The van der Waals surface area contributed by atoms with E-state index in [1.54, 1.807) is 0 Å². The second-order valence-electron chi connectivity index (χ2n) is 3.07. The van der Waals surface area contributed by atoms with Gasteiger partial charge in [-0.1, -0.05) is 20.3 Å². The first kappa shape index (κ1) is 10.9. The Bertz CT molecular complexity index is 95.3. The van der Waals surface area contributed by atoms with Crippen molar-refractivity contribution in [1.82, 2.24) is 0 Å². The second-order valence-corrected chi connectivity index (χ2v) is 3.07. The van der Waals surface area contributed by atoms with Gasteiger partial charge in [0.2, 0.25) is 0 Å². The molecule has 68 valence electrons. The summed E-state index contributed by atoms with van der Waals surface area (Å²) in [5.74, 6) is 0.395. The predicted octanol–water partition coefficient (Wildman–Crippen LogP) is 0.137. The van der Waals surface area contributed by atoms with Gasteiger partial charge < -0.3 is 15.3 Å². The molecule has 0 heterocycles. The Morgan fingerprint density at radius 3 is 2.09 bits per heavy atom. The molecule has 3 unspecified atom stereocenters. The van der Waals surface area contributed by atoms with Crippen LogP contribution in [0.4, 0.5) is 0 Å². The summed E-state index contributed by atoms with van der Waals surface area (Å²) in [7, 11) is 0. The van der Waals surface area contributed by atoms with Crippen molar-refractivity contribution in [1.29, 1.82) is 0 Å². The number of aliphatic hydroxyl groups excluding tert-OH is 3. The van der Waals surface area contributed by atoms with E-state index in [1.807, 2.05) is 13.8 Å². The van der Waals surface area contributed by atoms with Crippen LogP contribution in [-0.4, -0.2) is 34.1 Å². The lowest BCUT2D eigenvalue weighted by atomic mass is 9.98. The van der Waals surface area contributed by atoms with E-state index >= 15 is 0 Å². The summed E-state index contributed by atoms with van der Waals surface area (Å²) >= 11 is 0. The molecule has 0 spiro atoms. The van der Waals surface area contributed by atoms with Gasteiger partial charge in [-0.3, -0.25) is 0 Å². The van der Waals surface area contributed by atoms with Gasteiger partial charge in [0.05, 0.1) is 12.7 Å². The van der Waals surface area contributed by atoms with Gasteiger partial charge in [-0.05, 0) is 12.3 Å². The lowest BCUT2D eigenvalue weighted by Gasteiger charge is -2.18. The molecule has 0 aromatic carbocycles. The van der Waals surface area contributed by atoms with Crippen LogP contribution in [0.3, 0.4) is 0 Å². The summed E-state index contributed by atoms with van der Waals surface area (Å²) in [4.78, 5) is 0. The molecule has 0 saturated heterocycles. The van der Waals surface area contributed by atoms with Gasteiger partial charge in [-0.25, -0.2) is 0 Å². The Kier molecular flexibility index (Phi) is 5.46. The van der Waals surface area contributed by atoms with E-state index in [9.17, 15) is 5.11 Å². The Morgan fingerprint density at radius 1 is 1.18 bits per heavy atom. The molecule has 0 radical (unpaired) electrons. The zero-order chi connectivity index (χ0) is 8.85. The minimum Gasteiger partial charge on any atom is -0.394 e. The highest BCUT2D eigenvalue weighted by molar-refractivity contribution is 4.68. The van der Waals surface area contributed by atoms with Crippen LogP contribution in [-0.2, 0) is 0 Å². The fourth-order valence-electron chi connectivity index (χ4n) is 0.858. The fourth-order valence-corrected chi connectivity index (χ4v) is 0.858. The molecule has 11 heavy (non-hydrogen) atoms. The topological polar surface area (TPSA) is 60.7 Å². The van der Waals surface area contributed by atoms with Crippen LogP contribution in [0.25, 0.3) is 0 Å². The van der Waals surface area contributed by atoms with Gasteiger partial charge in [-0.15, -0.1) is 0 Å². The first-order valence-corrected chi connectivity index (χ1v) is 4.08. The van der Waals surface area contributed by atoms with Crippen molar-refractivity contribution in [2.24, 2.45) is 5.92 Å². The van der Waals surface area contributed by atoms with E-state index in [0.717, 1.165) is 6.42 Å². The third kappa shape index (κ3) is 4.35. The Balaban J connectivity index is 3.58. The Labute approximate surface area is 67.7 Å². The van der Waals surface area contributed by atoms with E-state index in [0.29, 0.717) is 12.3 Å². The lowest BCUT2D eigenvalue weighted by molar-refractivity contribution is -0.0239. The molecule has 3 nitrogen and oxygen atoms in total. The minimum atomic E-state index is -0.982. The summed E-state index contributed by atoms with van der Waals surface area (Å²) in [6.45, 7) is 3.67. The van der Waals surface area contributed by atoms with Gasteiger partial charge in [-0.2, -0.15) is 0 Å². The molecule has 0 aliphatic rings. The molecule has 0 amide bonds. The van der Waals surface area contributed by atoms with Crippen LogP contribution in [0.2, 0.25) is 0 Å². The van der Waals surface area contributed by atoms with E-state index in [1.165, 1.54) is 0 Å². The first-order valence-electron chi connectivity index (χ1n) is 4.08. The van der Waals surface area contributed by atoms with Crippen molar-refractivity contribution in [3.05, 3.63) is 0 Å². The standard InChI is InChI=1S/C8H18O3/c1-3-6(2)4-7(10)8(11)5-9/h6-11H,3-5H2,1-2H3. The van der Waals surface area contributed by atoms with Crippen molar-refractivity contribution >= 4 is 0 Å². The normalized spacial score (nSPS) is 19.4. The van der Waals surface area contributed by atoms with Crippen LogP contribution in [0.15, 0.2) is 0 Å². The van der Waals surface area contributed by atoms with Gasteiger partial charge in [0, 0.05) is 0 Å². The Morgan fingerprint density at radius 2 is 1.73 bits per heavy atom. The average Bonchev–Trinajstić information content (AvgIpc) is 2.02. The molecule has 0 aliphatic carbocycles. The molecular formula is C8H18O3. The maximum Gasteiger partial charge on any atom is 0.103 e. The molecule has 0 bridgehead atoms. The van der Waals surface area contributed by atoms with E-state index in [4.69, 9.17) is 10.2 Å². The maximum absolute atomic E-state index is 9.21. The highest BCUT2D eigenvalue weighted by Gasteiger charge is 2.16. The highest BCUT2D eigenvalue weighted by atomic mass is 16.4. The van der Waals surface area contributed by atoms with Crippen molar-refractivity contribution in [2.45, 2.75) is 38.9 Å². The lowest BCUT2D eigenvalue weighted by Crippen LogP contribution is -2.30. The molecule has 3 N–H and O–H groups in total. The molecule has 0 saturated carbocycles. The SMILES string of the molecule is CCC(C)CC(O)C(O)CO. The van der Waals surface area contributed by atoms with Crippen LogP contribution in [0.5, 0.6) is 0 Å². The molecule has 3 atom stereocenters. The number of aliphatic hydroxyl groups is 3. The summed E-state index contributed by atoms with van der Waals surface area (Å²) < 4.78 is 0. The number of hydrogen-bond acceptors (Lipinski definition) is 3. The predicted molar refractivity (Wildman–Crippen MR) is 43.2 cm³/mol. The van der Waals surface area contributed by atoms with Crippen molar-refractivity contribution in [2.75, 3.05) is 6.61 Å². The van der Waals surface area contributed by atoms with Gasteiger partial charge in [0.25, 0.3) is 0 Å². The molecule has 3 heteroatoms. The molecule has 0 rings (SSSR count). The van der Waals surface area contributed by atoms with E-state index in [2.05, 4.69) is 0 Å². The first-order chi connectivity index (χ1) is 5.11. The fraction of sp³-hybridized carbons (Fsp3) is 1.00. The van der Waals surface area contributed by atoms with Gasteiger partial charge in [0.15, 0.2) is 0 Å². The van der Waals surface area contributed by atoms with Gasteiger partial charge >= 0.3 is 0 Å². The summed E-state index contributed by atoms with van der Waals surface area (Å²) in [6.07, 6.45) is -0.230. The molecule has 0 aromatic rings. The molecule has 0 aliphatic heterocycles. The zero-order valence-corrected chi connectivity index (χ0v) is 7.20. The number of hydrogen-bond donors (Lipinski definition) is 3. The van der Waals surface area contributed by atoms with Crippen molar-refractivity contribution in [3.8, 4) is 0 Å². The summed E-state index contributed by atoms with van der Waals surface area (Å²) in [5, 5.41) is 26.7. The monoisotopic (exact) mass is 162 g/mol. The van der Waals surface area contributed by atoms with Gasteiger partial charge in [0.1, 0.15) is 6.10 Å². The maximum atomic E-state index is 9.21.